The second-order valence-corrected chi connectivity index (χ2v) is 12.9. The van der Waals surface area contributed by atoms with Crippen molar-refractivity contribution in [1.82, 2.24) is 19.4 Å². The Hall–Kier alpha value is -3.97. The average Bonchev–Trinajstić information content (AvgIpc) is 3.21. The van der Waals surface area contributed by atoms with Crippen molar-refractivity contribution >= 4 is 46.0 Å². The molecule has 14 heteroatoms. The highest BCUT2D eigenvalue weighted by Crippen LogP contribution is 2.50. The third kappa shape index (κ3) is 5.53. The van der Waals surface area contributed by atoms with Crippen molar-refractivity contribution in [2.24, 2.45) is 0 Å². The summed E-state index contributed by atoms with van der Waals surface area (Å²) in [6.45, 7) is 7.60. The lowest BCUT2D eigenvalue weighted by atomic mass is 9.95. The number of amides is 1. The Bertz CT molecular complexity index is 1930. The van der Waals surface area contributed by atoms with Crippen LogP contribution in [0.1, 0.15) is 30.9 Å². The van der Waals surface area contributed by atoms with Gasteiger partial charge in [0.1, 0.15) is 17.5 Å². The van der Waals surface area contributed by atoms with Gasteiger partial charge in [-0.2, -0.15) is 18.2 Å². The van der Waals surface area contributed by atoms with E-state index in [1.165, 1.54) is 10.6 Å². The van der Waals surface area contributed by atoms with Crippen LogP contribution in [0, 0.1) is 11.6 Å². The number of hydrogen-bond acceptors (Lipinski definition) is 6. The topological polar surface area (TPSA) is 71.3 Å². The molecule has 0 spiro atoms. The van der Waals surface area contributed by atoms with E-state index < -0.39 is 45.2 Å². The number of aromatic nitrogens is 3. The molecule has 7 nitrogen and oxygen atoms in total. The van der Waals surface area contributed by atoms with Crippen LogP contribution in [0.3, 0.4) is 0 Å². The summed E-state index contributed by atoms with van der Waals surface area (Å²) in [4.78, 5) is 38.1. The van der Waals surface area contributed by atoms with Gasteiger partial charge in [0.2, 0.25) is 5.91 Å². The molecule has 4 aromatic rings. The van der Waals surface area contributed by atoms with Gasteiger partial charge in [-0.15, -0.1) is 11.8 Å². The number of rotatable bonds is 4. The molecule has 0 unspecified atom stereocenters. The van der Waals surface area contributed by atoms with E-state index in [-0.39, 0.29) is 70.9 Å². The molecule has 2 aromatic heterocycles. The minimum Gasteiger partial charge on any atom is -0.352 e. The fourth-order valence-electron chi connectivity index (χ4n) is 6.48. The normalized spacial score (nSPS) is 20.1. The molecule has 0 saturated carbocycles. The van der Waals surface area contributed by atoms with Crippen LogP contribution in [0.5, 0.6) is 0 Å². The molecule has 2 aromatic carbocycles. The molecule has 0 radical (unpaired) electrons. The van der Waals surface area contributed by atoms with E-state index >= 15 is 17.6 Å². The van der Waals surface area contributed by atoms with E-state index in [0.717, 1.165) is 29.5 Å². The summed E-state index contributed by atoms with van der Waals surface area (Å²) in [5, 5.41) is -0.502. The summed E-state index contributed by atoms with van der Waals surface area (Å²) in [6.07, 6.45) is -0.619. The molecule has 46 heavy (non-hydrogen) atoms. The number of carbonyl (C=O) groups excluding carboxylic acids is 1. The summed E-state index contributed by atoms with van der Waals surface area (Å²) in [7, 11) is 0. The Balaban J connectivity index is 1.66. The van der Waals surface area contributed by atoms with Crippen molar-refractivity contribution in [2.45, 2.75) is 49.5 Å². The first-order valence-corrected chi connectivity index (χ1v) is 15.7. The van der Waals surface area contributed by atoms with E-state index in [1.807, 2.05) is 0 Å². The van der Waals surface area contributed by atoms with E-state index in [9.17, 15) is 14.0 Å². The molecule has 240 valence electrons. The summed E-state index contributed by atoms with van der Waals surface area (Å²) in [5.74, 6) is -2.72. The molecule has 0 aliphatic carbocycles. The van der Waals surface area contributed by atoms with Gasteiger partial charge in [0.05, 0.1) is 16.1 Å². The van der Waals surface area contributed by atoms with Crippen molar-refractivity contribution in [3.05, 3.63) is 93.6 Å². The van der Waals surface area contributed by atoms with Gasteiger partial charge in [0, 0.05) is 83.3 Å². The van der Waals surface area contributed by atoms with Crippen LogP contribution in [-0.2, 0) is 17.5 Å². The predicted molar refractivity (Wildman–Crippen MR) is 167 cm³/mol. The Morgan fingerprint density at radius 3 is 2.37 bits per heavy atom. The number of pyridine rings is 1. The van der Waals surface area contributed by atoms with Gasteiger partial charge >= 0.3 is 11.9 Å². The highest BCUT2D eigenvalue weighted by Gasteiger charge is 2.40. The lowest BCUT2D eigenvalue weighted by Gasteiger charge is -2.44. The van der Waals surface area contributed by atoms with E-state index in [0.29, 0.717) is 6.07 Å². The number of alkyl halides is 3. The Morgan fingerprint density at radius 2 is 1.74 bits per heavy atom. The predicted octanol–water partition coefficient (Wildman–Crippen LogP) is 6.91. The first-order valence-electron chi connectivity index (χ1n) is 14.4. The monoisotopic (exact) mass is 675 g/mol. The van der Waals surface area contributed by atoms with E-state index in [2.05, 4.69) is 16.5 Å². The van der Waals surface area contributed by atoms with Crippen molar-refractivity contribution in [2.75, 3.05) is 23.7 Å². The van der Waals surface area contributed by atoms with Crippen LogP contribution < -0.4 is 10.6 Å². The number of hydrogen-bond donors (Lipinski definition) is 0. The largest absolute Gasteiger partial charge is 0.417 e. The van der Waals surface area contributed by atoms with Gasteiger partial charge in [0.15, 0.2) is 0 Å². The zero-order chi connectivity index (χ0) is 33.1. The minimum atomic E-state index is -4.99. The number of nitrogens with zero attached hydrogens (tertiary/aromatic N) is 5. The molecular weight excluding hydrogens is 649 g/mol. The third-order valence-electron chi connectivity index (χ3n) is 8.44. The first kappa shape index (κ1) is 32.0. The van der Waals surface area contributed by atoms with Crippen LogP contribution in [-0.4, -0.2) is 56.3 Å². The van der Waals surface area contributed by atoms with Crippen molar-refractivity contribution in [1.29, 1.82) is 0 Å². The Kier molecular flexibility index (Phi) is 8.34. The molecule has 0 bridgehead atoms. The maximum absolute atomic E-state index is 15.4. The van der Waals surface area contributed by atoms with Crippen LogP contribution in [0.4, 0.5) is 27.8 Å². The molecule has 6 rings (SSSR count). The molecule has 2 aliphatic heterocycles. The zero-order valence-corrected chi connectivity index (χ0v) is 26.2. The lowest BCUT2D eigenvalue weighted by Crippen LogP contribution is -2.58. The number of thioether (sulfide) groups is 1. The van der Waals surface area contributed by atoms with Crippen molar-refractivity contribution in [3.8, 4) is 11.1 Å². The van der Waals surface area contributed by atoms with Crippen LogP contribution >= 0.6 is 23.4 Å². The quantitative estimate of drug-likeness (QED) is 0.133. The average molecular weight is 676 g/mol. The summed E-state index contributed by atoms with van der Waals surface area (Å²) in [6, 6.07) is 4.94. The SMILES string of the molecule is C=CC(=O)N1[C@H](C)CN(c2nc(=O)n3c4c(c(-c5cc(Cl)c(F)cc5F)c(C(F)(F)F)cc24)SC[C@H](c2ccncc2)C3)C[C@@H]1C. The van der Waals surface area contributed by atoms with E-state index in [1.54, 1.807) is 48.2 Å². The smallest absolute Gasteiger partial charge is 0.352 e. The van der Waals surface area contributed by atoms with Crippen LogP contribution in [0.2, 0.25) is 5.02 Å². The second-order valence-electron chi connectivity index (χ2n) is 11.4. The number of anilines is 1. The fourth-order valence-corrected chi connectivity index (χ4v) is 8.03. The third-order valence-corrected chi connectivity index (χ3v) is 9.98. The molecular formula is C32H27ClF5N5O2S. The molecule has 1 amide bonds. The minimum absolute atomic E-state index is 0.00488. The number of carbonyl (C=O) groups is 1. The van der Waals surface area contributed by atoms with Gasteiger partial charge < -0.3 is 9.80 Å². The number of benzene rings is 2. The van der Waals surface area contributed by atoms with Gasteiger partial charge in [0.25, 0.3) is 0 Å². The summed E-state index contributed by atoms with van der Waals surface area (Å²) in [5.41, 5.74) is -1.99. The lowest BCUT2D eigenvalue weighted by molar-refractivity contribution is -0.137. The maximum atomic E-state index is 15.4. The van der Waals surface area contributed by atoms with Crippen molar-refractivity contribution < 1.29 is 26.7 Å². The molecule has 1 fully saturated rings. The van der Waals surface area contributed by atoms with Crippen LogP contribution in [0.25, 0.3) is 22.0 Å². The highest BCUT2D eigenvalue weighted by molar-refractivity contribution is 7.99. The van der Waals surface area contributed by atoms with Gasteiger partial charge in [-0.05, 0) is 49.8 Å². The summed E-state index contributed by atoms with van der Waals surface area (Å²) < 4.78 is 76.0. The maximum Gasteiger partial charge on any atom is 0.417 e. The van der Waals surface area contributed by atoms with Gasteiger partial charge in [-0.3, -0.25) is 14.3 Å². The zero-order valence-electron chi connectivity index (χ0n) is 24.6. The molecule has 0 N–H and O–H groups in total. The standard InChI is InChI=1S/C32H27ClF5N5O2S/c1-4-26(44)43-16(2)12-41(13-17(43)3)30-21-9-22(32(36,37)38)27(20-10-23(33)25(35)11-24(20)34)29-28(21)42(31(45)40-30)14-19(15-46-29)18-5-7-39-8-6-18/h4-11,16-17,19H,1,12-15H2,2-3H3/t16-,17+,19-/m1/s1. The second kappa shape index (κ2) is 12.0. The molecule has 3 atom stereocenters. The van der Waals surface area contributed by atoms with Gasteiger partial charge in [-0.1, -0.05) is 18.2 Å². The van der Waals surface area contributed by atoms with Crippen LogP contribution in [0.15, 0.2) is 65.1 Å². The fraction of sp³-hybridized carbons (Fsp3) is 0.312. The number of piperazine rings is 1. The highest BCUT2D eigenvalue weighted by atomic mass is 35.5. The van der Waals surface area contributed by atoms with Crippen molar-refractivity contribution in [3.63, 3.8) is 0 Å². The molecule has 2 aliphatic rings. The Morgan fingerprint density at radius 1 is 1.07 bits per heavy atom. The number of halogens is 6. The summed E-state index contributed by atoms with van der Waals surface area (Å²) >= 11 is 7.03. The molecule has 1 saturated heterocycles. The van der Waals surface area contributed by atoms with E-state index in [4.69, 9.17) is 11.6 Å². The Labute approximate surface area is 269 Å². The first-order chi connectivity index (χ1) is 21.8. The molecule has 4 heterocycles. The van der Waals surface area contributed by atoms with Gasteiger partial charge in [-0.25, -0.2) is 13.6 Å².